The lowest BCUT2D eigenvalue weighted by Gasteiger charge is -2.19. The smallest absolute Gasteiger partial charge is 0.149 e. The number of hydrogen-bond acceptors (Lipinski definition) is 4. The van der Waals surface area contributed by atoms with Gasteiger partial charge in [-0.1, -0.05) is 11.3 Å². The van der Waals surface area contributed by atoms with E-state index in [0.29, 0.717) is 10.4 Å². The third kappa shape index (κ3) is 1.71. The minimum Gasteiger partial charge on any atom is -0.149 e. The summed E-state index contributed by atoms with van der Waals surface area (Å²) in [5, 5.41) is 11.3. The van der Waals surface area contributed by atoms with Crippen molar-refractivity contribution in [3.05, 3.63) is 31.4 Å². The SMILES string of the molecule is Clc1nnc(C2CCCc3sccc32)s1. The lowest BCUT2D eigenvalue weighted by molar-refractivity contribution is 0.617. The van der Waals surface area contributed by atoms with E-state index >= 15 is 0 Å². The third-order valence-corrected chi connectivity index (χ3v) is 4.89. The lowest BCUT2D eigenvalue weighted by atomic mass is 9.88. The highest BCUT2D eigenvalue weighted by Gasteiger charge is 2.25. The minimum absolute atomic E-state index is 0.435. The van der Waals surface area contributed by atoms with E-state index < -0.39 is 0 Å². The van der Waals surface area contributed by atoms with Crippen LogP contribution in [0.2, 0.25) is 4.47 Å². The van der Waals surface area contributed by atoms with Crippen molar-refractivity contribution in [3.63, 3.8) is 0 Å². The van der Waals surface area contributed by atoms with E-state index in [9.17, 15) is 0 Å². The van der Waals surface area contributed by atoms with Crippen molar-refractivity contribution in [1.82, 2.24) is 10.2 Å². The Labute approximate surface area is 101 Å². The van der Waals surface area contributed by atoms with E-state index in [4.69, 9.17) is 11.6 Å². The molecule has 3 rings (SSSR count). The van der Waals surface area contributed by atoms with Gasteiger partial charge in [-0.25, -0.2) is 0 Å². The molecule has 1 aliphatic rings. The zero-order valence-corrected chi connectivity index (χ0v) is 10.3. The van der Waals surface area contributed by atoms with Crippen LogP contribution in [0.25, 0.3) is 0 Å². The second-order valence-electron chi connectivity index (χ2n) is 3.64. The van der Waals surface area contributed by atoms with Gasteiger partial charge < -0.3 is 0 Å². The van der Waals surface area contributed by atoms with Crippen LogP contribution in [0, 0.1) is 0 Å². The number of nitrogens with zero attached hydrogens (tertiary/aromatic N) is 2. The molecule has 0 N–H and O–H groups in total. The van der Waals surface area contributed by atoms with Gasteiger partial charge in [0, 0.05) is 10.8 Å². The first kappa shape index (κ1) is 9.75. The fraction of sp³-hybridized carbons (Fsp3) is 0.400. The Morgan fingerprint density at radius 3 is 3.13 bits per heavy atom. The maximum atomic E-state index is 5.83. The number of rotatable bonds is 1. The fourth-order valence-corrected chi connectivity index (χ4v) is 4.08. The number of fused-ring (bicyclic) bond motifs is 1. The van der Waals surface area contributed by atoms with Crippen LogP contribution in [-0.2, 0) is 6.42 Å². The van der Waals surface area contributed by atoms with Gasteiger partial charge in [0.25, 0.3) is 0 Å². The topological polar surface area (TPSA) is 25.8 Å². The van der Waals surface area contributed by atoms with Gasteiger partial charge in [-0.05, 0) is 47.9 Å². The number of aryl methyl sites for hydroxylation is 1. The van der Waals surface area contributed by atoms with Crippen LogP contribution >= 0.6 is 34.3 Å². The molecular formula is C10H9ClN2S2. The number of hydrogen-bond donors (Lipinski definition) is 0. The van der Waals surface area contributed by atoms with Crippen LogP contribution in [0.3, 0.4) is 0 Å². The molecule has 2 heterocycles. The van der Waals surface area contributed by atoms with Crippen LogP contribution < -0.4 is 0 Å². The van der Waals surface area contributed by atoms with E-state index in [0.717, 1.165) is 5.01 Å². The van der Waals surface area contributed by atoms with E-state index in [1.165, 1.54) is 41.0 Å². The van der Waals surface area contributed by atoms with Gasteiger partial charge in [0.1, 0.15) is 5.01 Å². The fourth-order valence-electron chi connectivity index (χ4n) is 2.10. The Balaban J connectivity index is 2.02. The molecule has 5 heteroatoms. The van der Waals surface area contributed by atoms with Crippen molar-refractivity contribution in [2.75, 3.05) is 0 Å². The van der Waals surface area contributed by atoms with Crippen LogP contribution in [0.4, 0.5) is 0 Å². The summed E-state index contributed by atoms with van der Waals surface area (Å²) in [6, 6.07) is 2.22. The van der Waals surface area contributed by atoms with Crippen LogP contribution in [-0.4, -0.2) is 10.2 Å². The largest absolute Gasteiger partial charge is 0.207 e. The van der Waals surface area contributed by atoms with Crippen LogP contribution in [0.5, 0.6) is 0 Å². The predicted octanol–water partition coefficient (Wildman–Crippen LogP) is 3.72. The molecule has 78 valence electrons. The molecule has 1 unspecified atom stereocenters. The molecule has 0 saturated carbocycles. The summed E-state index contributed by atoms with van der Waals surface area (Å²) >= 11 is 9.19. The molecule has 15 heavy (non-hydrogen) atoms. The number of thiophene rings is 1. The lowest BCUT2D eigenvalue weighted by Crippen LogP contribution is -2.08. The Kier molecular flexibility index (Phi) is 2.50. The molecule has 0 amide bonds. The van der Waals surface area contributed by atoms with Gasteiger partial charge in [0.15, 0.2) is 0 Å². The van der Waals surface area contributed by atoms with Gasteiger partial charge in [0.2, 0.25) is 4.47 Å². The molecular weight excluding hydrogens is 248 g/mol. The first-order valence-electron chi connectivity index (χ1n) is 4.90. The molecule has 1 aliphatic carbocycles. The van der Waals surface area contributed by atoms with E-state index in [1.54, 1.807) is 0 Å². The molecule has 1 atom stereocenters. The molecule has 0 aromatic carbocycles. The highest BCUT2D eigenvalue weighted by atomic mass is 35.5. The van der Waals surface area contributed by atoms with Crippen LogP contribution in [0.15, 0.2) is 11.4 Å². The average Bonchev–Trinajstić information content (AvgIpc) is 2.84. The Morgan fingerprint density at radius 1 is 1.40 bits per heavy atom. The Hall–Kier alpha value is -0.450. The molecule has 2 aromatic rings. The van der Waals surface area contributed by atoms with Crippen molar-refractivity contribution in [1.29, 1.82) is 0 Å². The molecule has 0 bridgehead atoms. The van der Waals surface area contributed by atoms with Crippen molar-refractivity contribution in [2.45, 2.75) is 25.2 Å². The predicted molar refractivity (Wildman–Crippen MR) is 64.0 cm³/mol. The van der Waals surface area contributed by atoms with E-state index in [-0.39, 0.29) is 0 Å². The first-order valence-corrected chi connectivity index (χ1v) is 6.97. The Morgan fingerprint density at radius 2 is 2.33 bits per heavy atom. The number of halogens is 1. The maximum Gasteiger partial charge on any atom is 0.207 e. The summed E-state index contributed by atoms with van der Waals surface area (Å²) in [5.74, 6) is 0.435. The molecule has 0 aliphatic heterocycles. The van der Waals surface area contributed by atoms with Crippen LogP contribution in [0.1, 0.15) is 34.2 Å². The molecule has 0 radical (unpaired) electrons. The number of aromatic nitrogens is 2. The van der Waals surface area contributed by atoms with E-state index in [2.05, 4.69) is 21.6 Å². The van der Waals surface area contributed by atoms with Gasteiger partial charge in [-0.15, -0.1) is 21.5 Å². The minimum atomic E-state index is 0.435. The summed E-state index contributed by atoms with van der Waals surface area (Å²) in [4.78, 5) is 1.51. The first-order chi connectivity index (χ1) is 7.34. The monoisotopic (exact) mass is 256 g/mol. The van der Waals surface area contributed by atoms with Crippen molar-refractivity contribution in [3.8, 4) is 0 Å². The van der Waals surface area contributed by atoms with Crippen molar-refractivity contribution >= 4 is 34.3 Å². The van der Waals surface area contributed by atoms with E-state index in [1.807, 2.05) is 11.3 Å². The second-order valence-corrected chi connectivity index (χ2v) is 6.23. The zero-order valence-electron chi connectivity index (χ0n) is 7.94. The van der Waals surface area contributed by atoms with Crippen molar-refractivity contribution < 1.29 is 0 Å². The molecule has 0 fully saturated rings. The summed E-state index contributed by atoms with van der Waals surface area (Å²) in [7, 11) is 0. The molecule has 2 aromatic heterocycles. The highest BCUT2D eigenvalue weighted by Crippen LogP contribution is 2.40. The Bertz CT molecular complexity index is 477. The summed E-state index contributed by atoms with van der Waals surface area (Å²) in [6.45, 7) is 0. The summed E-state index contributed by atoms with van der Waals surface area (Å²) in [6.07, 6.45) is 3.64. The summed E-state index contributed by atoms with van der Waals surface area (Å²) < 4.78 is 0.548. The zero-order chi connectivity index (χ0) is 10.3. The molecule has 0 saturated heterocycles. The van der Waals surface area contributed by atoms with Gasteiger partial charge in [-0.3, -0.25) is 0 Å². The summed E-state index contributed by atoms with van der Waals surface area (Å²) in [5.41, 5.74) is 1.44. The maximum absolute atomic E-state index is 5.83. The average molecular weight is 257 g/mol. The standard InChI is InChI=1S/C10H9ClN2S2/c11-10-13-12-9(15-10)7-2-1-3-8-6(7)4-5-14-8/h4-5,7H,1-3H2. The normalized spacial score (nSPS) is 20.2. The van der Waals surface area contributed by atoms with Gasteiger partial charge >= 0.3 is 0 Å². The highest BCUT2D eigenvalue weighted by molar-refractivity contribution is 7.15. The quantitative estimate of drug-likeness (QED) is 0.777. The van der Waals surface area contributed by atoms with Gasteiger partial charge in [0.05, 0.1) is 0 Å². The van der Waals surface area contributed by atoms with Gasteiger partial charge in [-0.2, -0.15) is 0 Å². The second kappa shape index (κ2) is 3.85. The van der Waals surface area contributed by atoms with Crippen molar-refractivity contribution in [2.24, 2.45) is 0 Å². The molecule has 2 nitrogen and oxygen atoms in total. The third-order valence-electron chi connectivity index (χ3n) is 2.77. The molecule has 0 spiro atoms.